The highest BCUT2D eigenvalue weighted by Crippen LogP contribution is 2.16. The number of carbonyl (C=O) groups excluding carboxylic acids is 1. The quantitative estimate of drug-likeness (QED) is 0.500. The molecule has 0 bridgehead atoms. The third kappa shape index (κ3) is 6.00. The number of aryl methyl sites for hydroxylation is 1. The minimum Gasteiger partial charge on any atom is -0.305 e. The predicted molar refractivity (Wildman–Crippen MR) is 129 cm³/mol. The molecule has 0 fully saturated rings. The van der Waals surface area contributed by atoms with Crippen LogP contribution in [-0.2, 0) is 21.2 Å². The Balaban J connectivity index is 1.86. The monoisotopic (exact) mass is 451 g/mol. The van der Waals surface area contributed by atoms with Gasteiger partial charge >= 0.3 is 0 Å². The van der Waals surface area contributed by atoms with Gasteiger partial charge in [0.05, 0.1) is 4.90 Å². The van der Waals surface area contributed by atoms with Crippen molar-refractivity contribution in [2.24, 2.45) is 0 Å². The van der Waals surface area contributed by atoms with Gasteiger partial charge in [-0.15, -0.1) is 0 Å². The van der Waals surface area contributed by atoms with Gasteiger partial charge in [0.1, 0.15) is 5.41 Å². The van der Waals surface area contributed by atoms with Crippen molar-refractivity contribution < 1.29 is 13.2 Å². The van der Waals surface area contributed by atoms with Crippen LogP contribution in [0.15, 0.2) is 89.8 Å². The molecule has 0 unspecified atom stereocenters. The molecular formula is C25H29NO3SSi. The number of benzene rings is 3. The Morgan fingerprint density at radius 3 is 2.00 bits per heavy atom. The molecule has 0 amide bonds. The summed E-state index contributed by atoms with van der Waals surface area (Å²) in [6.07, 6.45) is 0.616. The van der Waals surface area contributed by atoms with Gasteiger partial charge in [-0.05, 0) is 31.0 Å². The predicted octanol–water partition coefficient (Wildman–Crippen LogP) is 4.00. The summed E-state index contributed by atoms with van der Waals surface area (Å²) >= 11 is 0. The molecule has 0 aliphatic carbocycles. The second-order valence-corrected chi connectivity index (χ2v) is 14.5. The van der Waals surface area contributed by atoms with Crippen LogP contribution in [0.1, 0.15) is 17.5 Å². The fraction of sp³-hybridized carbons (Fsp3) is 0.240. The molecule has 0 aromatic heterocycles. The van der Waals surface area contributed by atoms with Crippen LogP contribution in [0, 0.1) is 6.92 Å². The number of sulfonamides is 1. The molecule has 1 atom stereocenters. The van der Waals surface area contributed by atoms with Crippen LogP contribution in [0.25, 0.3) is 0 Å². The van der Waals surface area contributed by atoms with E-state index in [0.29, 0.717) is 6.42 Å². The fourth-order valence-electron chi connectivity index (χ4n) is 3.55. The highest BCUT2D eigenvalue weighted by molar-refractivity contribution is 7.89. The number of nitrogens with one attached hydrogen (secondary N) is 1. The number of rotatable bonds is 9. The first-order valence-corrected chi connectivity index (χ1v) is 14.9. The standard InChI is InChI=1S/C25H29NO3SSi/c1-20-14-16-23(17-15-20)30(28,29)26-22(18-21-10-6-4-7-11-21)19-25(27)31(2,3)24-12-8-5-9-13-24/h4-17,22,26H,18-19H2,1-3H3/t22-/m0/s1. The largest absolute Gasteiger partial charge is 0.305 e. The van der Waals surface area contributed by atoms with E-state index in [2.05, 4.69) is 4.72 Å². The molecule has 0 saturated heterocycles. The Morgan fingerprint density at radius 1 is 0.871 bits per heavy atom. The van der Waals surface area contributed by atoms with E-state index < -0.39 is 24.1 Å². The Morgan fingerprint density at radius 2 is 1.42 bits per heavy atom. The maximum absolute atomic E-state index is 13.4. The number of carbonyl (C=O) groups is 1. The molecule has 162 valence electrons. The van der Waals surface area contributed by atoms with E-state index in [1.54, 1.807) is 24.3 Å². The van der Waals surface area contributed by atoms with Crippen LogP contribution < -0.4 is 9.91 Å². The van der Waals surface area contributed by atoms with Crippen molar-refractivity contribution in [3.05, 3.63) is 96.1 Å². The zero-order chi connectivity index (χ0) is 22.5. The minimum atomic E-state index is -3.74. The molecule has 0 aliphatic heterocycles. The average molecular weight is 452 g/mol. The highest BCUT2D eigenvalue weighted by atomic mass is 32.2. The van der Waals surface area contributed by atoms with Gasteiger partial charge in [-0.2, -0.15) is 0 Å². The molecule has 0 saturated carbocycles. The van der Waals surface area contributed by atoms with Crippen molar-refractivity contribution in [2.45, 2.75) is 43.8 Å². The second kappa shape index (κ2) is 9.72. The Hall–Kier alpha value is -2.54. The van der Waals surface area contributed by atoms with Crippen LogP contribution in [0.4, 0.5) is 0 Å². The molecule has 0 aliphatic rings. The molecule has 6 heteroatoms. The van der Waals surface area contributed by atoms with E-state index in [4.69, 9.17) is 0 Å². The summed E-state index contributed by atoms with van der Waals surface area (Å²) in [4.78, 5) is 13.6. The van der Waals surface area contributed by atoms with Crippen molar-refractivity contribution in [1.82, 2.24) is 4.72 Å². The molecule has 0 radical (unpaired) electrons. The lowest BCUT2D eigenvalue weighted by Gasteiger charge is -2.25. The summed E-state index contributed by atoms with van der Waals surface area (Å²) < 4.78 is 28.9. The Kier molecular flexibility index (Phi) is 7.25. The van der Waals surface area contributed by atoms with Crippen LogP contribution in [-0.4, -0.2) is 27.9 Å². The number of hydrogen-bond acceptors (Lipinski definition) is 3. The van der Waals surface area contributed by atoms with E-state index in [1.807, 2.05) is 80.7 Å². The van der Waals surface area contributed by atoms with Gasteiger partial charge in [0.2, 0.25) is 10.0 Å². The van der Waals surface area contributed by atoms with Crippen molar-refractivity contribution in [3.63, 3.8) is 0 Å². The summed E-state index contributed by atoms with van der Waals surface area (Å²) in [7, 11) is -6.14. The molecule has 4 nitrogen and oxygen atoms in total. The van der Waals surface area contributed by atoms with E-state index in [-0.39, 0.29) is 16.7 Å². The smallest absolute Gasteiger partial charge is 0.240 e. The maximum Gasteiger partial charge on any atom is 0.240 e. The van der Waals surface area contributed by atoms with Crippen molar-refractivity contribution in [3.8, 4) is 0 Å². The van der Waals surface area contributed by atoms with Gasteiger partial charge in [0.15, 0.2) is 8.07 Å². The maximum atomic E-state index is 13.4. The summed E-state index contributed by atoms with van der Waals surface area (Å²) in [6, 6.07) is 25.7. The minimum absolute atomic E-state index is 0.131. The first-order valence-electron chi connectivity index (χ1n) is 10.4. The third-order valence-electron chi connectivity index (χ3n) is 5.60. The summed E-state index contributed by atoms with van der Waals surface area (Å²) in [5.41, 5.74) is 1.98. The lowest BCUT2D eigenvalue weighted by atomic mass is 10.0. The lowest BCUT2D eigenvalue weighted by molar-refractivity contribution is -0.112. The second-order valence-electron chi connectivity index (χ2n) is 8.44. The van der Waals surface area contributed by atoms with Crippen molar-refractivity contribution >= 4 is 28.7 Å². The normalized spacial score (nSPS) is 13.0. The SMILES string of the molecule is Cc1ccc(S(=O)(=O)N[C@H](CC(=O)[Si](C)(C)c2ccccc2)Cc2ccccc2)cc1. The van der Waals surface area contributed by atoms with E-state index in [1.165, 1.54) is 0 Å². The first-order chi connectivity index (χ1) is 14.7. The summed E-state index contributed by atoms with van der Waals surface area (Å²) in [5.74, 6) is 0. The van der Waals surface area contributed by atoms with Gasteiger partial charge in [-0.3, -0.25) is 0 Å². The summed E-state index contributed by atoms with van der Waals surface area (Å²) in [6.45, 7) is 5.97. The molecule has 31 heavy (non-hydrogen) atoms. The number of hydrogen-bond donors (Lipinski definition) is 1. The Bertz CT molecular complexity index is 1110. The average Bonchev–Trinajstić information content (AvgIpc) is 2.75. The zero-order valence-electron chi connectivity index (χ0n) is 18.2. The van der Waals surface area contributed by atoms with Crippen LogP contribution in [0.5, 0.6) is 0 Å². The van der Waals surface area contributed by atoms with Gasteiger partial charge in [-0.1, -0.05) is 96.6 Å². The Labute approximate surface area is 186 Å². The van der Waals surface area contributed by atoms with E-state index in [9.17, 15) is 13.2 Å². The fourth-order valence-corrected chi connectivity index (χ4v) is 6.89. The summed E-state index contributed by atoms with van der Waals surface area (Å²) in [5, 5.41) is 1.19. The van der Waals surface area contributed by atoms with Gasteiger partial charge < -0.3 is 4.79 Å². The first kappa shape index (κ1) is 23.1. The van der Waals surface area contributed by atoms with Crippen molar-refractivity contribution in [2.75, 3.05) is 0 Å². The molecule has 0 heterocycles. The van der Waals surface area contributed by atoms with Crippen LogP contribution in [0.2, 0.25) is 13.1 Å². The topological polar surface area (TPSA) is 63.2 Å². The molecule has 3 aromatic carbocycles. The molecule has 3 aromatic rings. The third-order valence-corrected chi connectivity index (χ3v) is 10.5. The van der Waals surface area contributed by atoms with Gasteiger partial charge in [0.25, 0.3) is 0 Å². The zero-order valence-corrected chi connectivity index (χ0v) is 20.0. The van der Waals surface area contributed by atoms with Crippen LogP contribution >= 0.6 is 0 Å². The van der Waals surface area contributed by atoms with Crippen LogP contribution in [0.3, 0.4) is 0 Å². The van der Waals surface area contributed by atoms with E-state index >= 15 is 0 Å². The molecular weight excluding hydrogens is 422 g/mol. The van der Waals surface area contributed by atoms with Gasteiger partial charge in [-0.25, -0.2) is 13.1 Å². The highest BCUT2D eigenvalue weighted by Gasteiger charge is 2.34. The van der Waals surface area contributed by atoms with E-state index in [0.717, 1.165) is 16.3 Å². The van der Waals surface area contributed by atoms with Gasteiger partial charge in [0, 0.05) is 12.5 Å². The molecule has 1 N–H and O–H groups in total. The van der Waals surface area contributed by atoms with Crippen molar-refractivity contribution in [1.29, 1.82) is 0 Å². The molecule has 0 spiro atoms. The lowest BCUT2D eigenvalue weighted by Crippen LogP contribution is -2.52. The molecule has 3 rings (SSSR count).